The van der Waals surface area contributed by atoms with Crippen molar-refractivity contribution in [2.24, 2.45) is 0 Å². The molecule has 0 fully saturated rings. The molecule has 0 aliphatic rings. The monoisotopic (exact) mass is 315 g/mol. The Morgan fingerprint density at radius 2 is 1.77 bits per heavy atom. The average molecular weight is 315 g/mol. The molecule has 2 aromatic rings. The summed E-state index contributed by atoms with van der Waals surface area (Å²) in [5, 5.41) is 2.95. The normalized spacial score (nSPS) is 10.2. The number of methoxy groups -OCH3 is 1. The lowest BCUT2D eigenvalue weighted by Gasteiger charge is -2.06. The Morgan fingerprint density at radius 1 is 1.05 bits per heavy atom. The topological polar surface area (TPSA) is 38.3 Å². The molecule has 0 aliphatic carbocycles. The highest BCUT2D eigenvalue weighted by molar-refractivity contribution is 7.98. The van der Waals surface area contributed by atoms with Gasteiger partial charge >= 0.3 is 0 Å². The second kappa shape index (κ2) is 9.15. The lowest BCUT2D eigenvalue weighted by molar-refractivity contribution is -0.120. The van der Waals surface area contributed by atoms with Gasteiger partial charge in [0.05, 0.1) is 13.5 Å². The van der Waals surface area contributed by atoms with Gasteiger partial charge in [-0.2, -0.15) is 11.8 Å². The zero-order valence-electron chi connectivity index (χ0n) is 12.7. The van der Waals surface area contributed by atoms with Crippen LogP contribution in [0, 0.1) is 0 Å². The maximum absolute atomic E-state index is 11.8. The van der Waals surface area contributed by atoms with Crippen molar-refractivity contribution in [2.45, 2.75) is 12.2 Å². The molecule has 0 saturated carbocycles. The zero-order valence-corrected chi connectivity index (χ0v) is 13.6. The Balaban J connectivity index is 1.61. The fourth-order valence-corrected chi connectivity index (χ4v) is 2.84. The van der Waals surface area contributed by atoms with E-state index in [0.29, 0.717) is 13.0 Å². The third-order valence-corrected chi connectivity index (χ3v) is 4.23. The molecule has 4 heteroatoms. The van der Waals surface area contributed by atoms with Gasteiger partial charge in [0.2, 0.25) is 5.91 Å². The minimum absolute atomic E-state index is 0.0606. The van der Waals surface area contributed by atoms with Crippen molar-refractivity contribution < 1.29 is 9.53 Å². The number of benzene rings is 2. The highest BCUT2D eigenvalue weighted by Crippen LogP contribution is 2.12. The Kier molecular flexibility index (Phi) is 6.84. The molecule has 2 rings (SSSR count). The van der Waals surface area contributed by atoms with Crippen LogP contribution in [0.4, 0.5) is 0 Å². The fourth-order valence-electron chi connectivity index (χ4n) is 2.02. The molecule has 0 spiro atoms. The van der Waals surface area contributed by atoms with Crippen LogP contribution in [0.25, 0.3) is 0 Å². The van der Waals surface area contributed by atoms with Crippen molar-refractivity contribution in [3.8, 4) is 5.75 Å². The van der Waals surface area contributed by atoms with Gasteiger partial charge < -0.3 is 10.1 Å². The Bertz CT molecular complexity index is 569. The molecule has 22 heavy (non-hydrogen) atoms. The first kappa shape index (κ1) is 16.4. The predicted molar refractivity (Wildman–Crippen MR) is 92.3 cm³/mol. The lowest BCUT2D eigenvalue weighted by Crippen LogP contribution is -2.27. The molecular weight excluding hydrogens is 294 g/mol. The van der Waals surface area contributed by atoms with Crippen LogP contribution in [-0.2, 0) is 17.0 Å². The summed E-state index contributed by atoms with van der Waals surface area (Å²) in [5.74, 6) is 2.77. The van der Waals surface area contributed by atoms with Gasteiger partial charge in [-0.1, -0.05) is 42.5 Å². The van der Waals surface area contributed by atoms with E-state index < -0.39 is 0 Å². The number of hydrogen-bond acceptors (Lipinski definition) is 3. The molecule has 0 aromatic heterocycles. The SMILES string of the molecule is COc1ccc(CC(=O)NCCSCc2ccccc2)cc1. The first-order valence-corrected chi connectivity index (χ1v) is 8.44. The largest absolute Gasteiger partial charge is 0.497 e. The van der Waals surface area contributed by atoms with Crippen molar-refractivity contribution in [3.05, 3.63) is 65.7 Å². The van der Waals surface area contributed by atoms with Gasteiger partial charge in [-0.05, 0) is 23.3 Å². The van der Waals surface area contributed by atoms with Crippen LogP contribution in [0.15, 0.2) is 54.6 Å². The molecule has 3 nitrogen and oxygen atoms in total. The van der Waals surface area contributed by atoms with E-state index in [1.165, 1.54) is 5.56 Å². The summed E-state index contributed by atoms with van der Waals surface area (Å²) >= 11 is 1.83. The Labute approximate surface area is 136 Å². The second-order valence-electron chi connectivity index (χ2n) is 4.91. The number of nitrogens with one attached hydrogen (secondary N) is 1. The number of ether oxygens (including phenoxy) is 1. The number of thioether (sulfide) groups is 1. The van der Waals surface area contributed by atoms with E-state index in [2.05, 4.69) is 17.4 Å². The molecule has 2 aromatic carbocycles. The molecule has 0 saturated heterocycles. The summed E-state index contributed by atoms with van der Waals surface area (Å²) in [4.78, 5) is 11.8. The van der Waals surface area contributed by atoms with Crippen molar-refractivity contribution in [3.63, 3.8) is 0 Å². The van der Waals surface area contributed by atoms with Crippen LogP contribution in [0.2, 0.25) is 0 Å². The van der Waals surface area contributed by atoms with E-state index >= 15 is 0 Å². The molecular formula is C18H21NO2S. The minimum Gasteiger partial charge on any atom is -0.497 e. The summed E-state index contributed by atoms with van der Waals surface area (Å²) in [5.41, 5.74) is 2.31. The van der Waals surface area contributed by atoms with Crippen LogP contribution in [0.1, 0.15) is 11.1 Å². The number of carbonyl (C=O) groups excluding carboxylic acids is 1. The van der Waals surface area contributed by atoms with Crippen molar-refractivity contribution >= 4 is 17.7 Å². The number of rotatable bonds is 8. The number of hydrogen-bond donors (Lipinski definition) is 1. The molecule has 0 unspecified atom stereocenters. The lowest BCUT2D eigenvalue weighted by atomic mass is 10.1. The van der Waals surface area contributed by atoms with Crippen molar-refractivity contribution in [1.82, 2.24) is 5.32 Å². The van der Waals surface area contributed by atoms with Gasteiger partial charge in [0.25, 0.3) is 0 Å². The summed E-state index contributed by atoms with van der Waals surface area (Å²) in [6.45, 7) is 0.701. The van der Waals surface area contributed by atoms with Gasteiger partial charge in [-0.25, -0.2) is 0 Å². The third kappa shape index (κ3) is 5.82. The standard InChI is InChI=1S/C18H21NO2S/c1-21-17-9-7-15(8-10-17)13-18(20)19-11-12-22-14-16-5-3-2-4-6-16/h2-10H,11-14H2,1H3,(H,19,20). The van der Waals surface area contributed by atoms with Gasteiger partial charge in [0.15, 0.2) is 0 Å². The van der Waals surface area contributed by atoms with E-state index in [-0.39, 0.29) is 5.91 Å². The summed E-state index contributed by atoms with van der Waals surface area (Å²) in [6, 6.07) is 17.9. The molecule has 0 atom stereocenters. The molecule has 0 aliphatic heterocycles. The Hall–Kier alpha value is -1.94. The molecule has 1 amide bonds. The van der Waals surface area contributed by atoms with Crippen LogP contribution in [-0.4, -0.2) is 25.3 Å². The molecule has 1 N–H and O–H groups in total. The zero-order chi connectivity index (χ0) is 15.6. The maximum Gasteiger partial charge on any atom is 0.224 e. The summed E-state index contributed by atoms with van der Waals surface area (Å²) in [6.07, 6.45) is 0.410. The van der Waals surface area contributed by atoms with E-state index in [1.54, 1.807) is 7.11 Å². The number of carbonyl (C=O) groups is 1. The van der Waals surface area contributed by atoms with Gasteiger partial charge in [0, 0.05) is 18.1 Å². The fraction of sp³-hybridized carbons (Fsp3) is 0.278. The predicted octanol–water partition coefficient (Wildman–Crippen LogP) is 3.29. The average Bonchev–Trinajstić information content (AvgIpc) is 2.56. The van der Waals surface area contributed by atoms with E-state index in [9.17, 15) is 4.79 Å². The summed E-state index contributed by atoms with van der Waals surface area (Å²) in [7, 11) is 1.63. The van der Waals surface area contributed by atoms with Gasteiger partial charge in [0.1, 0.15) is 5.75 Å². The molecule has 0 heterocycles. The van der Waals surface area contributed by atoms with Gasteiger partial charge in [-0.15, -0.1) is 0 Å². The molecule has 0 bridgehead atoms. The van der Waals surface area contributed by atoms with Crippen LogP contribution < -0.4 is 10.1 Å². The second-order valence-corrected chi connectivity index (χ2v) is 6.02. The highest BCUT2D eigenvalue weighted by Gasteiger charge is 2.03. The minimum atomic E-state index is 0.0606. The van der Waals surface area contributed by atoms with Crippen LogP contribution in [0.3, 0.4) is 0 Å². The number of amides is 1. The van der Waals surface area contributed by atoms with E-state index in [4.69, 9.17) is 4.74 Å². The first-order chi connectivity index (χ1) is 10.8. The van der Waals surface area contributed by atoms with Gasteiger partial charge in [-0.3, -0.25) is 4.79 Å². The van der Waals surface area contributed by atoms with E-state index in [0.717, 1.165) is 22.8 Å². The van der Waals surface area contributed by atoms with Crippen LogP contribution >= 0.6 is 11.8 Å². The molecule has 0 radical (unpaired) electrons. The first-order valence-electron chi connectivity index (χ1n) is 7.29. The highest BCUT2D eigenvalue weighted by atomic mass is 32.2. The Morgan fingerprint density at radius 3 is 2.45 bits per heavy atom. The quantitative estimate of drug-likeness (QED) is 0.760. The third-order valence-electron chi connectivity index (χ3n) is 3.20. The van der Waals surface area contributed by atoms with Crippen molar-refractivity contribution in [2.75, 3.05) is 19.4 Å². The van der Waals surface area contributed by atoms with Crippen molar-refractivity contribution in [1.29, 1.82) is 0 Å². The summed E-state index contributed by atoms with van der Waals surface area (Å²) < 4.78 is 5.10. The smallest absolute Gasteiger partial charge is 0.224 e. The van der Waals surface area contributed by atoms with Crippen LogP contribution in [0.5, 0.6) is 5.75 Å². The maximum atomic E-state index is 11.8. The molecule has 116 valence electrons. The van der Waals surface area contributed by atoms with E-state index in [1.807, 2.05) is 54.2 Å².